The van der Waals surface area contributed by atoms with Crippen LogP contribution in [0.15, 0.2) is 97.3 Å². The van der Waals surface area contributed by atoms with Gasteiger partial charge in [0.25, 0.3) is 0 Å². The predicted molar refractivity (Wildman–Crippen MR) is 205 cm³/mol. The van der Waals surface area contributed by atoms with E-state index in [0.29, 0.717) is 11.3 Å². The number of hydrogen-bond acceptors (Lipinski definition) is 14. The number of alkyl halides is 1. The fourth-order valence-electron chi connectivity index (χ4n) is 5.99. The van der Waals surface area contributed by atoms with E-state index in [1.165, 1.54) is 41.1 Å². The van der Waals surface area contributed by atoms with Crippen molar-refractivity contribution in [3.63, 3.8) is 0 Å². The van der Waals surface area contributed by atoms with Crippen LogP contribution in [0.1, 0.15) is 62.7 Å². The number of ether oxygens (including phenoxy) is 5. The van der Waals surface area contributed by atoms with Crippen molar-refractivity contribution in [1.29, 1.82) is 0 Å². The molecule has 0 amide bonds. The zero-order chi connectivity index (χ0) is 41.0. The number of aromatic nitrogens is 4. The molecule has 2 aromatic heterocycles. The largest absolute Gasteiger partial charge is 0.513 e. The maximum absolute atomic E-state index is 14.9. The standard InChI is InChI=1S/C39H45FN5O11P/c1-26(2)52-36(46)54-38(55-37(47)53-27(3)4)56-57(48,49)25-51-22-21-31(23-40)45-24-41-32-33(44-50-5)42-35(43-34(32)45)39(28-15-9-6-10-16-28,29-17-11-7-12-18-29)30-19-13-8-14-20-30/h6-20,24,26-27,31,38H,21-23,25H2,1-5H3,(H,48,49)(H,42,43,44). The Morgan fingerprint density at radius 2 is 1.33 bits per heavy atom. The van der Waals surface area contributed by atoms with Gasteiger partial charge in [-0.25, -0.2) is 38.9 Å². The molecule has 0 aliphatic carbocycles. The summed E-state index contributed by atoms with van der Waals surface area (Å²) in [5.74, 6) is 0.588. The lowest BCUT2D eigenvalue weighted by Crippen LogP contribution is -2.33. The molecule has 2 atom stereocenters. The molecule has 0 saturated carbocycles. The molecule has 0 saturated heterocycles. The maximum atomic E-state index is 14.9. The fourth-order valence-corrected chi connectivity index (χ4v) is 6.77. The summed E-state index contributed by atoms with van der Waals surface area (Å²) in [6.07, 6.45) is -3.46. The van der Waals surface area contributed by atoms with Gasteiger partial charge in [0, 0.05) is 6.61 Å². The van der Waals surface area contributed by atoms with Crippen molar-refractivity contribution in [3.8, 4) is 0 Å². The molecule has 2 N–H and O–H groups in total. The van der Waals surface area contributed by atoms with Gasteiger partial charge < -0.3 is 33.1 Å². The molecule has 0 radical (unpaired) electrons. The van der Waals surface area contributed by atoms with Crippen LogP contribution in [0.25, 0.3) is 11.2 Å². The van der Waals surface area contributed by atoms with Crippen molar-refractivity contribution in [3.05, 3.63) is 120 Å². The SMILES string of the molecule is CONc1nc(C(c2ccccc2)(c2ccccc2)c2ccccc2)nc2c1ncn2C(CF)CCOCP(=O)(O)OC(OC(=O)OC(C)C)OC(=O)OC(C)C. The van der Waals surface area contributed by atoms with Crippen molar-refractivity contribution < 1.29 is 56.5 Å². The number of rotatable bonds is 19. The van der Waals surface area contributed by atoms with E-state index in [-0.39, 0.29) is 24.5 Å². The molecule has 0 aliphatic rings. The minimum absolute atomic E-state index is 0.0204. The summed E-state index contributed by atoms with van der Waals surface area (Å²) in [5.41, 5.74) is 4.95. The molecule has 0 spiro atoms. The molecule has 2 unspecified atom stereocenters. The Hall–Kier alpha value is -5.45. The van der Waals surface area contributed by atoms with Crippen molar-refractivity contribution in [2.45, 2.75) is 64.3 Å². The molecular formula is C39H45FN5O11P. The molecule has 18 heteroatoms. The van der Waals surface area contributed by atoms with Gasteiger partial charge in [-0.1, -0.05) is 91.0 Å². The third-order valence-corrected chi connectivity index (χ3v) is 9.31. The highest BCUT2D eigenvalue weighted by atomic mass is 31.2. The number of anilines is 1. The van der Waals surface area contributed by atoms with Crippen LogP contribution in [0.2, 0.25) is 0 Å². The topological polar surface area (TPSA) is 192 Å². The lowest BCUT2D eigenvalue weighted by Gasteiger charge is -2.34. The van der Waals surface area contributed by atoms with E-state index in [2.05, 4.69) is 10.5 Å². The normalized spacial score (nSPS) is 13.4. The second kappa shape index (κ2) is 19.6. The number of carbonyl (C=O) groups is 2. The van der Waals surface area contributed by atoms with Crippen molar-refractivity contribution in [2.75, 3.05) is 32.2 Å². The van der Waals surface area contributed by atoms with E-state index in [0.717, 1.165) is 16.7 Å². The average molecular weight is 810 g/mol. The first-order valence-corrected chi connectivity index (χ1v) is 19.7. The Bertz CT molecular complexity index is 1990. The molecule has 57 heavy (non-hydrogen) atoms. The average Bonchev–Trinajstić information content (AvgIpc) is 3.60. The molecule has 16 nitrogen and oxygen atoms in total. The smallest absolute Gasteiger partial charge is 0.431 e. The molecule has 2 heterocycles. The highest BCUT2D eigenvalue weighted by molar-refractivity contribution is 7.52. The van der Waals surface area contributed by atoms with Gasteiger partial charge in [-0.3, -0.25) is 9.40 Å². The Morgan fingerprint density at radius 3 is 1.79 bits per heavy atom. The zero-order valence-electron chi connectivity index (χ0n) is 32.0. The lowest BCUT2D eigenvalue weighted by molar-refractivity contribution is -0.209. The zero-order valence-corrected chi connectivity index (χ0v) is 32.9. The number of nitrogens with zero attached hydrogens (tertiary/aromatic N) is 4. The minimum Gasteiger partial charge on any atom is -0.431 e. The van der Waals surface area contributed by atoms with Crippen molar-refractivity contribution in [1.82, 2.24) is 19.5 Å². The van der Waals surface area contributed by atoms with Gasteiger partial charge in [0.2, 0.25) is 0 Å². The molecule has 5 aromatic rings. The molecule has 304 valence electrons. The second-order valence-electron chi connectivity index (χ2n) is 13.1. The number of halogens is 1. The third-order valence-electron chi connectivity index (χ3n) is 8.30. The maximum Gasteiger partial charge on any atom is 0.513 e. The summed E-state index contributed by atoms with van der Waals surface area (Å²) >= 11 is 0. The van der Waals surface area contributed by atoms with Crippen LogP contribution in [0, 0.1) is 0 Å². The van der Waals surface area contributed by atoms with E-state index >= 15 is 0 Å². The third kappa shape index (κ3) is 10.7. The molecular weight excluding hydrogens is 764 g/mol. The van der Waals surface area contributed by atoms with Crippen LogP contribution >= 0.6 is 7.60 Å². The molecule has 0 bridgehead atoms. The van der Waals surface area contributed by atoms with Gasteiger partial charge in [-0.15, -0.1) is 0 Å². The number of imidazole rings is 1. The second-order valence-corrected chi connectivity index (χ2v) is 14.9. The van der Waals surface area contributed by atoms with E-state index in [4.69, 9.17) is 43.0 Å². The van der Waals surface area contributed by atoms with Gasteiger partial charge >= 0.3 is 26.4 Å². The number of carbonyl (C=O) groups excluding carboxylic acids is 2. The minimum atomic E-state index is -4.77. The van der Waals surface area contributed by atoms with Gasteiger partial charge in [-0.05, 0) is 50.8 Å². The van der Waals surface area contributed by atoms with Crippen LogP contribution in [-0.4, -0.2) is 82.1 Å². The van der Waals surface area contributed by atoms with Crippen LogP contribution < -0.4 is 5.48 Å². The molecule has 5 rings (SSSR count). The number of fused-ring (bicyclic) bond motifs is 1. The monoisotopic (exact) mass is 809 g/mol. The Labute approximate surface area is 328 Å². The summed E-state index contributed by atoms with van der Waals surface area (Å²) in [7, 11) is -3.33. The van der Waals surface area contributed by atoms with Gasteiger partial charge in [0.05, 0.1) is 31.7 Å². The summed E-state index contributed by atoms with van der Waals surface area (Å²) in [5, 5.41) is 0. The molecule has 0 aliphatic heterocycles. The summed E-state index contributed by atoms with van der Waals surface area (Å²) in [6.45, 7) is 2.67. The van der Waals surface area contributed by atoms with Crippen LogP contribution in [0.3, 0.4) is 0 Å². The first-order chi connectivity index (χ1) is 27.4. The van der Waals surface area contributed by atoms with Crippen LogP contribution in [-0.2, 0) is 43.0 Å². The summed E-state index contributed by atoms with van der Waals surface area (Å²) in [4.78, 5) is 54.5. The summed E-state index contributed by atoms with van der Waals surface area (Å²) in [6, 6.07) is 28.4. The van der Waals surface area contributed by atoms with Crippen LogP contribution in [0.5, 0.6) is 0 Å². The van der Waals surface area contributed by atoms with Gasteiger partial charge in [0.15, 0.2) is 22.8 Å². The van der Waals surface area contributed by atoms with Gasteiger partial charge in [0.1, 0.15) is 18.4 Å². The molecule has 3 aromatic carbocycles. The Kier molecular flexibility index (Phi) is 14.7. The first-order valence-electron chi connectivity index (χ1n) is 18.0. The lowest BCUT2D eigenvalue weighted by atomic mass is 9.68. The van der Waals surface area contributed by atoms with E-state index < -0.39 is 63.1 Å². The Morgan fingerprint density at radius 1 is 0.825 bits per heavy atom. The summed E-state index contributed by atoms with van der Waals surface area (Å²) < 4.78 is 59.0. The number of benzene rings is 3. The van der Waals surface area contributed by atoms with E-state index in [1.807, 2.05) is 91.0 Å². The number of nitrogens with one attached hydrogen (secondary N) is 1. The number of hydrogen-bond donors (Lipinski definition) is 2. The highest BCUT2D eigenvalue weighted by Crippen LogP contribution is 2.45. The van der Waals surface area contributed by atoms with Crippen LogP contribution in [0.4, 0.5) is 19.8 Å². The Balaban J connectivity index is 1.43. The highest BCUT2D eigenvalue weighted by Gasteiger charge is 2.42. The van der Waals surface area contributed by atoms with E-state index in [9.17, 15) is 23.4 Å². The van der Waals surface area contributed by atoms with E-state index in [1.54, 1.807) is 4.57 Å². The fraction of sp³-hybridized carbons (Fsp3) is 0.359. The van der Waals surface area contributed by atoms with Crippen molar-refractivity contribution >= 4 is 36.9 Å². The first kappa shape index (κ1) is 42.7. The quantitative estimate of drug-likeness (QED) is 0.0206. The van der Waals surface area contributed by atoms with Crippen molar-refractivity contribution in [2.24, 2.45) is 0 Å². The molecule has 0 fully saturated rings. The predicted octanol–water partition coefficient (Wildman–Crippen LogP) is 7.67. The van der Waals surface area contributed by atoms with Gasteiger partial charge in [-0.2, -0.15) is 0 Å².